The van der Waals surface area contributed by atoms with Crippen LogP contribution >= 0.6 is 0 Å². The number of nitrogens with zero attached hydrogens (tertiary/aromatic N) is 2. The molecule has 5 heteroatoms. The van der Waals surface area contributed by atoms with E-state index in [4.69, 9.17) is 0 Å². The first-order valence-corrected chi connectivity index (χ1v) is 7.92. The number of carbonyl (C=O) groups is 1. The van der Waals surface area contributed by atoms with Crippen molar-refractivity contribution in [2.75, 3.05) is 5.32 Å². The van der Waals surface area contributed by atoms with Gasteiger partial charge in [-0.25, -0.2) is 4.68 Å². The van der Waals surface area contributed by atoms with E-state index < -0.39 is 0 Å². The van der Waals surface area contributed by atoms with Gasteiger partial charge in [0.05, 0.1) is 0 Å². The second kappa shape index (κ2) is 6.66. The molecule has 1 N–H and O–H groups in total. The summed E-state index contributed by atoms with van der Waals surface area (Å²) in [6.07, 6.45) is 0. The fourth-order valence-corrected chi connectivity index (χ4v) is 2.57. The molecule has 1 heterocycles. The van der Waals surface area contributed by atoms with Gasteiger partial charge in [0.2, 0.25) is 0 Å². The Morgan fingerprint density at radius 3 is 2.62 bits per heavy atom. The van der Waals surface area contributed by atoms with Gasteiger partial charge >= 0.3 is 0 Å². The van der Waals surface area contributed by atoms with Crippen molar-refractivity contribution in [1.82, 2.24) is 9.78 Å². The molecule has 24 heavy (non-hydrogen) atoms. The van der Waals surface area contributed by atoms with Gasteiger partial charge in [-0.2, -0.15) is 5.10 Å². The van der Waals surface area contributed by atoms with E-state index in [0.29, 0.717) is 6.54 Å². The summed E-state index contributed by atoms with van der Waals surface area (Å²) < 4.78 is 1.34. The number of fused-ring (bicyclic) bond motifs is 1. The summed E-state index contributed by atoms with van der Waals surface area (Å²) >= 11 is 0. The van der Waals surface area contributed by atoms with Crippen LogP contribution in [0.3, 0.4) is 0 Å². The molecule has 0 bridgehead atoms. The van der Waals surface area contributed by atoms with Crippen LogP contribution in [0.1, 0.15) is 24.3 Å². The molecule has 0 aliphatic rings. The Morgan fingerprint density at radius 1 is 1.08 bits per heavy atom. The molecule has 0 aliphatic carbocycles. The quantitative estimate of drug-likeness (QED) is 0.802. The zero-order chi connectivity index (χ0) is 17.1. The van der Waals surface area contributed by atoms with Gasteiger partial charge in [0.1, 0.15) is 5.69 Å². The Bertz CT molecular complexity index is 939. The Hall–Kier alpha value is -2.95. The number of benzene rings is 2. The van der Waals surface area contributed by atoms with Crippen molar-refractivity contribution >= 4 is 22.4 Å². The average molecular weight is 321 g/mol. The van der Waals surface area contributed by atoms with E-state index in [9.17, 15) is 9.59 Å². The fourth-order valence-electron chi connectivity index (χ4n) is 2.57. The van der Waals surface area contributed by atoms with E-state index in [1.807, 2.05) is 56.3 Å². The molecule has 0 saturated heterocycles. The third-order valence-corrected chi connectivity index (χ3v) is 3.68. The topological polar surface area (TPSA) is 64.0 Å². The highest BCUT2D eigenvalue weighted by Crippen LogP contribution is 2.23. The molecule has 122 valence electrons. The molecule has 0 spiro atoms. The largest absolute Gasteiger partial charge is 0.320 e. The first-order chi connectivity index (χ1) is 11.5. The van der Waals surface area contributed by atoms with E-state index in [2.05, 4.69) is 10.4 Å². The summed E-state index contributed by atoms with van der Waals surface area (Å²) in [5, 5.41) is 9.08. The van der Waals surface area contributed by atoms with E-state index in [1.165, 1.54) is 16.8 Å². The van der Waals surface area contributed by atoms with Crippen LogP contribution in [-0.2, 0) is 6.54 Å². The van der Waals surface area contributed by atoms with Gasteiger partial charge < -0.3 is 5.32 Å². The summed E-state index contributed by atoms with van der Waals surface area (Å²) in [7, 11) is 0. The molecule has 5 nitrogen and oxygen atoms in total. The van der Waals surface area contributed by atoms with Gasteiger partial charge in [0.15, 0.2) is 0 Å². The SMILES string of the molecule is CC(C)Cn1nc(C(=O)Nc2cccc3ccccc23)ccc1=O. The average Bonchev–Trinajstić information content (AvgIpc) is 2.57. The van der Waals surface area contributed by atoms with Crippen molar-refractivity contribution < 1.29 is 4.79 Å². The minimum Gasteiger partial charge on any atom is -0.320 e. The normalized spacial score (nSPS) is 11.0. The van der Waals surface area contributed by atoms with Crippen LogP contribution in [0.15, 0.2) is 59.4 Å². The van der Waals surface area contributed by atoms with Crippen molar-refractivity contribution in [3.63, 3.8) is 0 Å². The maximum Gasteiger partial charge on any atom is 0.276 e. The lowest BCUT2D eigenvalue weighted by molar-refractivity contribution is 0.101. The Balaban J connectivity index is 1.91. The fraction of sp³-hybridized carbons (Fsp3) is 0.211. The van der Waals surface area contributed by atoms with Crippen molar-refractivity contribution in [2.45, 2.75) is 20.4 Å². The van der Waals surface area contributed by atoms with Crippen LogP contribution in [0, 0.1) is 5.92 Å². The molecule has 0 radical (unpaired) electrons. The molecule has 2 aromatic carbocycles. The van der Waals surface area contributed by atoms with Crippen LogP contribution in [0.2, 0.25) is 0 Å². The van der Waals surface area contributed by atoms with Gasteiger partial charge in [-0.3, -0.25) is 9.59 Å². The number of hydrogen-bond donors (Lipinski definition) is 1. The van der Waals surface area contributed by atoms with Crippen molar-refractivity contribution in [2.24, 2.45) is 5.92 Å². The molecule has 0 unspecified atom stereocenters. The van der Waals surface area contributed by atoms with Crippen molar-refractivity contribution in [1.29, 1.82) is 0 Å². The van der Waals surface area contributed by atoms with E-state index in [1.54, 1.807) is 0 Å². The standard InChI is InChI=1S/C19H19N3O2/c1-13(2)12-22-18(23)11-10-17(21-22)19(24)20-16-9-5-7-14-6-3-4-8-15(14)16/h3-11,13H,12H2,1-2H3,(H,20,24). The summed E-state index contributed by atoms with van der Waals surface area (Å²) in [6.45, 7) is 4.47. The van der Waals surface area contributed by atoms with E-state index in [-0.39, 0.29) is 23.1 Å². The lowest BCUT2D eigenvalue weighted by atomic mass is 10.1. The molecular weight excluding hydrogens is 302 g/mol. The van der Waals surface area contributed by atoms with Gasteiger partial charge in [0, 0.05) is 23.7 Å². The number of amides is 1. The first-order valence-electron chi connectivity index (χ1n) is 7.92. The second-order valence-corrected chi connectivity index (χ2v) is 6.11. The molecule has 0 fully saturated rings. The molecule has 1 amide bonds. The molecule has 0 atom stereocenters. The van der Waals surface area contributed by atoms with Gasteiger partial charge in [-0.05, 0) is 23.4 Å². The van der Waals surface area contributed by atoms with Crippen LogP contribution in [0.5, 0.6) is 0 Å². The number of nitrogens with one attached hydrogen (secondary N) is 1. The number of carbonyl (C=O) groups excluding carboxylic acids is 1. The van der Waals surface area contributed by atoms with Crippen LogP contribution < -0.4 is 10.9 Å². The molecule has 0 aliphatic heterocycles. The van der Waals surface area contributed by atoms with Crippen LogP contribution in [0.4, 0.5) is 5.69 Å². The van der Waals surface area contributed by atoms with Crippen LogP contribution in [0.25, 0.3) is 10.8 Å². The Morgan fingerprint density at radius 2 is 1.83 bits per heavy atom. The summed E-state index contributed by atoms with van der Waals surface area (Å²) in [6, 6.07) is 16.4. The highest BCUT2D eigenvalue weighted by molar-refractivity contribution is 6.08. The highest BCUT2D eigenvalue weighted by Gasteiger charge is 2.12. The highest BCUT2D eigenvalue weighted by atomic mass is 16.2. The molecular formula is C19H19N3O2. The smallest absolute Gasteiger partial charge is 0.276 e. The molecule has 3 aromatic rings. The maximum absolute atomic E-state index is 12.5. The van der Waals surface area contributed by atoms with E-state index in [0.717, 1.165) is 16.5 Å². The van der Waals surface area contributed by atoms with Gasteiger partial charge in [0.25, 0.3) is 11.5 Å². The van der Waals surface area contributed by atoms with Crippen LogP contribution in [-0.4, -0.2) is 15.7 Å². The van der Waals surface area contributed by atoms with Crippen molar-refractivity contribution in [3.8, 4) is 0 Å². The summed E-state index contributed by atoms with van der Waals surface area (Å²) in [5.41, 5.74) is 0.745. The lowest BCUT2D eigenvalue weighted by Crippen LogP contribution is -2.27. The predicted molar refractivity (Wildman–Crippen MR) is 95.2 cm³/mol. The third kappa shape index (κ3) is 3.35. The Kier molecular flexibility index (Phi) is 4.42. The molecule has 0 saturated carbocycles. The number of aromatic nitrogens is 2. The third-order valence-electron chi connectivity index (χ3n) is 3.68. The zero-order valence-corrected chi connectivity index (χ0v) is 13.7. The van der Waals surface area contributed by atoms with Gasteiger partial charge in [-0.15, -0.1) is 0 Å². The van der Waals surface area contributed by atoms with Gasteiger partial charge in [-0.1, -0.05) is 50.2 Å². The first kappa shape index (κ1) is 15.9. The molecule has 1 aromatic heterocycles. The number of anilines is 1. The zero-order valence-electron chi connectivity index (χ0n) is 13.7. The predicted octanol–water partition coefficient (Wildman–Crippen LogP) is 3.30. The number of rotatable bonds is 4. The van der Waals surface area contributed by atoms with E-state index >= 15 is 0 Å². The lowest BCUT2D eigenvalue weighted by Gasteiger charge is -2.11. The summed E-state index contributed by atoms with van der Waals surface area (Å²) in [4.78, 5) is 24.3. The monoisotopic (exact) mass is 321 g/mol. The van der Waals surface area contributed by atoms with Crippen molar-refractivity contribution in [3.05, 3.63) is 70.6 Å². The summed E-state index contributed by atoms with van der Waals surface area (Å²) in [5.74, 6) is -0.0598. The Labute approximate surface area is 139 Å². The number of hydrogen-bond acceptors (Lipinski definition) is 3. The second-order valence-electron chi connectivity index (χ2n) is 6.11. The minimum absolute atomic E-state index is 0.203. The maximum atomic E-state index is 12.5. The molecule has 3 rings (SSSR count). The minimum atomic E-state index is -0.330.